The van der Waals surface area contributed by atoms with Crippen LogP contribution in [0.3, 0.4) is 0 Å². The maximum absolute atomic E-state index is 11.9. The molecule has 3 N–H and O–H groups in total. The first-order chi connectivity index (χ1) is 11.0. The average molecular weight is 318 g/mol. The van der Waals surface area contributed by atoms with Gasteiger partial charge >= 0.3 is 0 Å². The summed E-state index contributed by atoms with van der Waals surface area (Å²) < 4.78 is 6.01. The second kappa shape index (κ2) is 8.92. The van der Waals surface area contributed by atoms with Crippen LogP contribution in [0.25, 0.3) is 0 Å². The Hall–Kier alpha value is -1.55. The molecule has 0 unspecified atom stereocenters. The van der Waals surface area contributed by atoms with Crippen LogP contribution in [0.1, 0.15) is 57.9 Å². The second-order valence-electron chi connectivity index (χ2n) is 6.98. The van der Waals surface area contributed by atoms with Gasteiger partial charge in [-0.3, -0.25) is 4.79 Å². The van der Waals surface area contributed by atoms with Crippen LogP contribution in [0, 0.1) is 5.92 Å². The highest BCUT2D eigenvalue weighted by Gasteiger charge is 2.15. The summed E-state index contributed by atoms with van der Waals surface area (Å²) in [4.78, 5) is 11.9. The van der Waals surface area contributed by atoms with Crippen LogP contribution in [0.5, 0.6) is 5.75 Å². The number of hydrogen-bond acceptors (Lipinski definition) is 3. The predicted octanol–water partition coefficient (Wildman–Crippen LogP) is 3.39. The average Bonchev–Trinajstić information content (AvgIpc) is 2.54. The number of ether oxygens (including phenoxy) is 1. The standard InChI is InChI=1S/C19H30N2O2/c1-14(2)12-18(20)19(22)21-13-15-8-10-17(11-9-15)23-16-6-4-3-5-7-16/h8-11,14,16,18H,3-7,12-13,20H2,1-2H3,(H,21,22)/t18-/m0/s1. The molecule has 1 aliphatic carbocycles. The van der Waals surface area contributed by atoms with Crippen molar-refractivity contribution in [2.75, 3.05) is 0 Å². The van der Waals surface area contributed by atoms with Crippen molar-refractivity contribution in [3.8, 4) is 5.75 Å². The minimum atomic E-state index is -0.427. The summed E-state index contributed by atoms with van der Waals surface area (Å²) >= 11 is 0. The third-order valence-electron chi connectivity index (χ3n) is 4.31. The molecular formula is C19H30N2O2. The van der Waals surface area contributed by atoms with E-state index in [9.17, 15) is 4.79 Å². The van der Waals surface area contributed by atoms with Gasteiger partial charge in [0.15, 0.2) is 0 Å². The lowest BCUT2D eigenvalue weighted by atomic mass is 9.98. The molecule has 0 radical (unpaired) electrons. The Morgan fingerprint density at radius 2 is 1.87 bits per heavy atom. The second-order valence-corrected chi connectivity index (χ2v) is 6.98. The summed E-state index contributed by atoms with van der Waals surface area (Å²) in [6, 6.07) is 7.57. The molecule has 0 heterocycles. The van der Waals surface area contributed by atoms with Crippen LogP contribution in [0.4, 0.5) is 0 Å². The van der Waals surface area contributed by atoms with Crippen LogP contribution in [0.15, 0.2) is 24.3 Å². The van der Waals surface area contributed by atoms with Crippen LogP contribution < -0.4 is 15.8 Å². The maximum atomic E-state index is 11.9. The topological polar surface area (TPSA) is 64.4 Å². The van der Waals surface area contributed by atoms with Gasteiger partial charge in [-0.1, -0.05) is 32.4 Å². The van der Waals surface area contributed by atoms with E-state index in [1.165, 1.54) is 19.3 Å². The van der Waals surface area contributed by atoms with Gasteiger partial charge in [0.25, 0.3) is 0 Å². The van der Waals surface area contributed by atoms with E-state index >= 15 is 0 Å². The fourth-order valence-electron chi connectivity index (χ4n) is 3.00. The monoisotopic (exact) mass is 318 g/mol. The van der Waals surface area contributed by atoms with Crippen LogP contribution in [-0.4, -0.2) is 18.1 Å². The van der Waals surface area contributed by atoms with Gasteiger partial charge in [0.05, 0.1) is 12.1 Å². The predicted molar refractivity (Wildman–Crippen MR) is 93.2 cm³/mol. The van der Waals surface area contributed by atoms with Crippen molar-refractivity contribution in [3.05, 3.63) is 29.8 Å². The fourth-order valence-corrected chi connectivity index (χ4v) is 3.00. The van der Waals surface area contributed by atoms with Gasteiger partial charge in [-0.25, -0.2) is 0 Å². The fraction of sp³-hybridized carbons (Fsp3) is 0.632. The zero-order valence-corrected chi connectivity index (χ0v) is 14.4. The third-order valence-corrected chi connectivity index (χ3v) is 4.31. The Labute approximate surface area is 139 Å². The normalized spacial score (nSPS) is 17.0. The van der Waals surface area contributed by atoms with E-state index in [0.717, 1.165) is 24.2 Å². The smallest absolute Gasteiger partial charge is 0.237 e. The molecule has 1 aliphatic rings. The Morgan fingerprint density at radius 1 is 1.22 bits per heavy atom. The van der Waals surface area contributed by atoms with Gasteiger partial charge in [-0.15, -0.1) is 0 Å². The number of hydrogen-bond donors (Lipinski definition) is 2. The SMILES string of the molecule is CC(C)C[C@H](N)C(=O)NCc1ccc(OC2CCCCC2)cc1. The van der Waals surface area contributed by atoms with Gasteiger partial charge < -0.3 is 15.8 Å². The molecule has 128 valence electrons. The lowest BCUT2D eigenvalue weighted by molar-refractivity contribution is -0.122. The summed E-state index contributed by atoms with van der Waals surface area (Å²) in [5, 5.41) is 2.90. The molecular weight excluding hydrogens is 288 g/mol. The molecule has 1 saturated carbocycles. The Morgan fingerprint density at radius 3 is 2.48 bits per heavy atom. The van der Waals surface area contributed by atoms with Crippen LogP contribution >= 0.6 is 0 Å². The van der Waals surface area contributed by atoms with E-state index in [0.29, 0.717) is 25.0 Å². The molecule has 23 heavy (non-hydrogen) atoms. The summed E-state index contributed by atoms with van der Waals surface area (Å²) in [5.41, 5.74) is 6.94. The molecule has 1 aromatic carbocycles. The highest BCUT2D eigenvalue weighted by Crippen LogP contribution is 2.23. The van der Waals surface area contributed by atoms with Gasteiger partial charge in [-0.2, -0.15) is 0 Å². The number of benzene rings is 1. The van der Waals surface area contributed by atoms with Crippen molar-refractivity contribution >= 4 is 5.91 Å². The molecule has 0 saturated heterocycles. The van der Waals surface area contributed by atoms with Gasteiger partial charge in [0, 0.05) is 6.54 Å². The molecule has 0 bridgehead atoms. The van der Waals surface area contributed by atoms with E-state index in [2.05, 4.69) is 19.2 Å². The van der Waals surface area contributed by atoms with E-state index in [1.54, 1.807) is 0 Å². The van der Waals surface area contributed by atoms with E-state index < -0.39 is 6.04 Å². The molecule has 0 aromatic heterocycles. The summed E-state index contributed by atoms with van der Waals surface area (Å²) in [6.45, 7) is 4.64. The van der Waals surface area contributed by atoms with Crippen molar-refractivity contribution in [3.63, 3.8) is 0 Å². The first kappa shape index (κ1) is 17.8. The largest absolute Gasteiger partial charge is 0.490 e. The molecule has 1 amide bonds. The zero-order valence-electron chi connectivity index (χ0n) is 14.4. The van der Waals surface area contributed by atoms with Crippen molar-refractivity contribution < 1.29 is 9.53 Å². The molecule has 1 atom stereocenters. The molecule has 4 heteroatoms. The number of carbonyl (C=O) groups is 1. The zero-order chi connectivity index (χ0) is 16.7. The van der Waals surface area contributed by atoms with Gasteiger partial charge in [0.2, 0.25) is 5.91 Å². The molecule has 1 fully saturated rings. The van der Waals surface area contributed by atoms with Gasteiger partial charge in [-0.05, 0) is 55.7 Å². The van der Waals surface area contributed by atoms with Crippen molar-refractivity contribution in [2.45, 2.75) is 71.1 Å². The maximum Gasteiger partial charge on any atom is 0.237 e. The minimum absolute atomic E-state index is 0.0822. The van der Waals surface area contributed by atoms with E-state index in [4.69, 9.17) is 10.5 Å². The Balaban J connectivity index is 1.77. The number of amides is 1. The number of carbonyl (C=O) groups excluding carboxylic acids is 1. The van der Waals surface area contributed by atoms with Crippen molar-refractivity contribution in [2.24, 2.45) is 11.7 Å². The first-order valence-electron chi connectivity index (χ1n) is 8.83. The first-order valence-corrected chi connectivity index (χ1v) is 8.83. The Bertz CT molecular complexity index is 479. The number of nitrogens with one attached hydrogen (secondary N) is 1. The molecule has 0 spiro atoms. The highest BCUT2D eigenvalue weighted by atomic mass is 16.5. The molecule has 2 rings (SSSR count). The molecule has 1 aromatic rings. The quantitative estimate of drug-likeness (QED) is 0.810. The van der Waals surface area contributed by atoms with E-state index in [-0.39, 0.29) is 5.91 Å². The van der Waals surface area contributed by atoms with E-state index in [1.807, 2.05) is 24.3 Å². The number of nitrogens with two attached hydrogens (primary N) is 1. The van der Waals surface area contributed by atoms with Crippen LogP contribution in [0.2, 0.25) is 0 Å². The number of rotatable bonds is 7. The lowest BCUT2D eigenvalue weighted by Gasteiger charge is -2.23. The highest BCUT2D eigenvalue weighted by molar-refractivity contribution is 5.81. The lowest BCUT2D eigenvalue weighted by Crippen LogP contribution is -2.41. The van der Waals surface area contributed by atoms with Crippen LogP contribution in [-0.2, 0) is 11.3 Å². The minimum Gasteiger partial charge on any atom is -0.490 e. The third kappa shape index (κ3) is 6.22. The summed E-state index contributed by atoms with van der Waals surface area (Å²) in [7, 11) is 0. The van der Waals surface area contributed by atoms with Crippen molar-refractivity contribution in [1.29, 1.82) is 0 Å². The summed E-state index contributed by atoms with van der Waals surface area (Å²) in [6.07, 6.45) is 7.26. The molecule has 0 aliphatic heterocycles. The summed E-state index contributed by atoms with van der Waals surface area (Å²) in [5.74, 6) is 1.26. The molecule has 4 nitrogen and oxygen atoms in total. The van der Waals surface area contributed by atoms with Gasteiger partial charge in [0.1, 0.15) is 5.75 Å². The Kier molecular flexibility index (Phi) is 6.90. The van der Waals surface area contributed by atoms with Crippen molar-refractivity contribution in [1.82, 2.24) is 5.32 Å².